The number of amides is 1. The van der Waals surface area contributed by atoms with Crippen molar-refractivity contribution < 1.29 is 28.5 Å². The first-order valence-electron chi connectivity index (χ1n) is 11.2. The van der Waals surface area contributed by atoms with Crippen LogP contribution in [0.2, 0.25) is 0 Å². The van der Waals surface area contributed by atoms with Gasteiger partial charge in [0.2, 0.25) is 0 Å². The average molecular weight is 495 g/mol. The Hall–Kier alpha value is -3.96. The summed E-state index contributed by atoms with van der Waals surface area (Å²) in [6.45, 7) is 4.08. The van der Waals surface area contributed by atoms with Crippen LogP contribution >= 0.6 is 0 Å². The number of carbonyl (C=O) groups excluding carboxylic acids is 1. The highest BCUT2D eigenvalue weighted by Crippen LogP contribution is 2.37. The second kappa shape index (κ2) is 8.61. The van der Waals surface area contributed by atoms with Crippen molar-refractivity contribution in [1.82, 2.24) is 19.4 Å². The van der Waals surface area contributed by atoms with Crippen LogP contribution in [0.15, 0.2) is 42.9 Å². The van der Waals surface area contributed by atoms with Crippen LogP contribution in [-0.2, 0) is 23.5 Å². The Kier molecular flexibility index (Phi) is 5.68. The van der Waals surface area contributed by atoms with Gasteiger partial charge in [-0.3, -0.25) is 9.69 Å². The van der Waals surface area contributed by atoms with Gasteiger partial charge in [0, 0.05) is 35.8 Å². The summed E-state index contributed by atoms with van der Waals surface area (Å²) in [4.78, 5) is 27.0. The molecule has 4 heterocycles. The van der Waals surface area contributed by atoms with E-state index >= 15 is 4.39 Å². The number of aromatic nitrogens is 4. The number of anilines is 1. The van der Waals surface area contributed by atoms with E-state index in [-0.39, 0.29) is 40.7 Å². The van der Waals surface area contributed by atoms with Crippen molar-refractivity contribution in [1.29, 1.82) is 0 Å². The van der Waals surface area contributed by atoms with Crippen molar-refractivity contribution in [3.63, 3.8) is 0 Å². The largest absolute Gasteiger partial charge is 0.476 e. The minimum absolute atomic E-state index is 0.0419. The van der Waals surface area contributed by atoms with E-state index in [0.29, 0.717) is 11.3 Å². The minimum Gasteiger partial charge on any atom is -0.476 e. The molecule has 4 aromatic rings. The number of para-hydroxylation sites is 1. The molecule has 0 unspecified atom stereocenters. The molecule has 1 aliphatic heterocycles. The monoisotopic (exact) mass is 495 g/mol. The Morgan fingerprint density at radius 2 is 1.89 bits per heavy atom. The lowest BCUT2D eigenvalue weighted by atomic mass is 10.1. The standard InChI is InChI=1S/C25H23F2N5O4/c1-13-23(34)32(19-6-4-5-16(26)22(19)36-13)11-20-18(12-33)30-21-7-17(27)15(10-31(20)21)14-8-28-24(29-9-14)25(2,3)35/h4-10,13,33,35H,11-12H2,1-3H3/t13-/m1/s1. The molecule has 0 saturated carbocycles. The predicted molar refractivity (Wildman–Crippen MR) is 125 cm³/mol. The molecule has 0 radical (unpaired) electrons. The molecular weight excluding hydrogens is 472 g/mol. The number of halogens is 2. The van der Waals surface area contributed by atoms with Crippen LogP contribution in [-0.4, -0.2) is 41.6 Å². The molecule has 36 heavy (non-hydrogen) atoms. The van der Waals surface area contributed by atoms with Gasteiger partial charge >= 0.3 is 0 Å². The van der Waals surface area contributed by atoms with Crippen LogP contribution < -0.4 is 9.64 Å². The number of aliphatic hydroxyl groups is 2. The van der Waals surface area contributed by atoms with Crippen LogP contribution in [0, 0.1) is 11.6 Å². The molecule has 1 aromatic carbocycles. The topological polar surface area (TPSA) is 113 Å². The third kappa shape index (κ3) is 3.95. The summed E-state index contributed by atoms with van der Waals surface area (Å²) < 4.78 is 36.5. The van der Waals surface area contributed by atoms with Gasteiger partial charge in [0.15, 0.2) is 23.5 Å². The van der Waals surface area contributed by atoms with Crippen molar-refractivity contribution in [2.75, 3.05) is 4.90 Å². The number of pyridine rings is 1. The first-order chi connectivity index (χ1) is 17.1. The number of hydrogen-bond donors (Lipinski definition) is 2. The number of rotatable bonds is 5. The molecule has 3 aromatic heterocycles. The van der Waals surface area contributed by atoms with Crippen LogP contribution in [0.1, 0.15) is 38.0 Å². The van der Waals surface area contributed by atoms with Gasteiger partial charge in [0.25, 0.3) is 5.91 Å². The Bertz CT molecular complexity index is 1480. The van der Waals surface area contributed by atoms with Gasteiger partial charge in [-0.15, -0.1) is 0 Å². The van der Waals surface area contributed by atoms with Gasteiger partial charge in [-0.25, -0.2) is 23.7 Å². The fourth-order valence-corrected chi connectivity index (χ4v) is 4.16. The first kappa shape index (κ1) is 23.8. The van der Waals surface area contributed by atoms with E-state index in [9.17, 15) is 19.4 Å². The van der Waals surface area contributed by atoms with E-state index in [4.69, 9.17) is 4.74 Å². The molecule has 11 heteroatoms. The lowest BCUT2D eigenvalue weighted by molar-refractivity contribution is -0.125. The average Bonchev–Trinajstić information content (AvgIpc) is 3.17. The number of imidazole rings is 1. The van der Waals surface area contributed by atoms with E-state index in [1.54, 1.807) is 24.3 Å². The van der Waals surface area contributed by atoms with Crippen LogP contribution in [0.5, 0.6) is 5.75 Å². The molecule has 1 atom stereocenters. The number of carbonyl (C=O) groups is 1. The van der Waals surface area contributed by atoms with Crippen LogP contribution in [0.25, 0.3) is 16.8 Å². The fraction of sp³-hybridized carbons (Fsp3) is 0.280. The second-order valence-corrected chi connectivity index (χ2v) is 9.05. The number of nitrogens with zero attached hydrogens (tertiary/aromatic N) is 5. The molecule has 0 saturated heterocycles. The number of benzene rings is 1. The van der Waals surface area contributed by atoms with E-state index in [1.807, 2.05) is 0 Å². The molecular formula is C25H23F2N5O4. The Labute approximate surface area is 204 Å². The number of ether oxygens (including phenoxy) is 1. The van der Waals surface area contributed by atoms with Gasteiger partial charge in [0.05, 0.1) is 30.2 Å². The smallest absolute Gasteiger partial charge is 0.268 e. The Morgan fingerprint density at radius 3 is 2.56 bits per heavy atom. The van der Waals surface area contributed by atoms with Gasteiger partial charge in [-0.1, -0.05) is 6.07 Å². The highest BCUT2D eigenvalue weighted by atomic mass is 19.1. The molecule has 186 valence electrons. The molecule has 0 spiro atoms. The number of fused-ring (bicyclic) bond motifs is 2. The van der Waals surface area contributed by atoms with Crippen molar-refractivity contribution in [3.05, 3.63) is 71.7 Å². The molecule has 2 N–H and O–H groups in total. The van der Waals surface area contributed by atoms with E-state index in [1.165, 1.54) is 48.6 Å². The fourth-order valence-electron chi connectivity index (χ4n) is 4.16. The van der Waals surface area contributed by atoms with Crippen molar-refractivity contribution >= 4 is 17.2 Å². The molecule has 1 amide bonds. The minimum atomic E-state index is -1.26. The normalized spacial score (nSPS) is 15.8. The summed E-state index contributed by atoms with van der Waals surface area (Å²) in [5, 5.41) is 20.1. The van der Waals surface area contributed by atoms with Gasteiger partial charge in [-0.05, 0) is 32.9 Å². The highest BCUT2D eigenvalue weighted by molar-refractivity contribution is 5.99. The highest BCUT2D eigenvalue weighted by Gasteiger charge is 2.34. The summed E-state index contributed by atoms with van der Waals surface area (Å²) in [6.07, 6.45) is 3.36. The predicted octanol–water partition coefficient (Wildman–Crippen LogP) is 3.10. The third-order valence-corrected chi connectivity index (χ3v) is 6.00. The first-order valence-corrected chi connectivity index (χ1v) is 11.2. The zero-order valence-electron chi connectivity index (χ0n) is 19.7. The maximum Gasteiger partial charge on any atom is 0.268 e. The molecule has 5 rings (SSSR count). The molecule has 1 aliphatic rings. The zero-order valence-corrected chi connectivity index (χ0v) is 19.7. The maximum atomic E-state index is 15.1. The molecule has 0 fully saturated rings. The summed E-state index contributed by atoms with van der Waals surface area (Å²) in [7, 11) is 0. The van der Waals surface area contributed by atoms with Gasteiger partial charge in [-0.2, -0.15) is 0 Å². The number of aliphatic hydroxyl groups excluding tert-OH is 1. The zero-order chi connectivity index (χ0) is 25.8. The second-order valence-electron chi connectivity index (χ2n) is 9.05. The maximum absolute atomic E-state index is 15.1. The van der Waals surface area contributed by atoms with E-state index < -0.39 is 35.9 Å². The summed E-state index contributed by atoms with van der Waals surface area (Å²) in [5.74, 6) is -1.45. The lowest BCUT2D eigenvalue weighted by Gasteiger charge is -2.33. The summed E-state index contributed by atoms with van der Waals surface area (Å²) >= 11 is 0. The Morgan fingerprint density at radius 1 is 1.17 bits per heavy atom. The third-order valence-electron chi connectivity index (χ3n) is 6.00. The van der Waals surface area contributed by atoms with Crippen LogP contribution in [0.4, 0.5) is 14.5 Å². The van der Waals surface area contributed by atoms with Crippen molar-refractivity contribution in [3.8, 4) is 16.9 Å². The van der Waals surface area contributed by atoms with E-state index in [0.717, 1.165) is 0 Å². The van der Waals surface area contributed by atoms with Crippen LogP contribution in [0.3, 0.4) is 0 Å². The quantitative estimate of drug-likeness (QED) is 0.437. The Balaban J connectivity index is 1.62. The SMILES string of the molecule is C[C@H]1Oc2c(F)cccc2N(Cc2c(CO)nc3cc(F)c(-c4cnc(C(C)(C)O)nc4)cn23)C1=O. The number of hydrogen-bond acceptors (Lipinski definition) is 7. The molecule has 9 nitrogen and oxygen atoms in total. The molecule has 0 aliphatic carbocycles. The summed E-state index contributed by atoms with van der Waals surface area (Å²) in [6, 6.07) is 5.49. The van der Waals surface area contributed by atoms with Crippen molar-refractivity contribution in [2.45, 2.75) is 45.6 Å². The van der Waals surface area contributed by atoms with Gasteiger partial charge < -0.3 is 19.4 Å². The summed E-state index contributed by atoms with van der Waals surface area (Å²) in [5.41, 5.74) is 0.377. The lowest BCUT2D eigenvalue weighted by Crippen LogP contribution is -2.44. The van der Waals surface area contributed by atoms with Crippen molar-refractivity contribution in [2.24, 2.45) is 0 Å². The molecule has 0 bridgehead atoms. The van der Waals surface area contributed by atoms with Gasteiger partial charge in [0.1, 0.15) is 17.1 Å². The van der Waals surface area contributed by atoms with E-state index in [2.05, 4.69) is 15.0 Å².